The predicted octanol–water partition coefficient (Wildman–Crippen LogP) is 4.15. The Morgan fingerprint density at radius 2 is 1.68 bits per heavy atom. The molecule has 0 spiro atoms. The summed E-state index contributed by atoms with van der Waals surface area (Å²) in [5.74, 6) is -0.268. The van der Waals surface area contributed by atoms with Crippen LogP contribution in [0.5, 0.6) is 0 Å². The summed E-state index contributed by atoms with van der Waals surface area (Å²) in [6, 6.07) is 13.8. The van der Waals surface area contributed by atoms with E-state index in [-0.39, 0.29) is 5.97 Å². The van der Waals surface area contributed by atoms with Gasteiger partial charge in [-0.3, -0.25) is 0 Å². The second kappa shape index (κ2) is 5.70. The highest BCUT2D eigenvalue weighted by molar-refractivity contribution is 5.91. The van der Waals surface area contributed by atoms with Crippen molar-refractivity contribution in [3.8, 4) is 11.1 Å². The minimum atomic E-state index is -0.268. The maximum absolute atomic E-state index is 11.8. The van der Waals surface area contributed by atoms with E-state index < -0.39 is 0 Å². The van der Waals surface area contributed by atoms with Gasteiger partial charge in [-0.1, -0.05) is 30.3 Å². The van der Waals surface area contributed by atoms with Crippen molar-refractivity contribution in [1.29, 1.82) is 0 Å². The van der Waals surface area contributed by atoms with Gasteiger partial charge in [-0.2, -0.15) is 0 Å². The van der Waals surface area contributed by atoms with Crippen LogP contribution in [0.25, 0.3) is 11.1 Å². The summed E-state index contributed by atoms with van der Waals surface area (Å²) in [6.07, 6.45) is 0. The van der Waals surface area contributed by atoms with Crippen LogP contribution in [0.1, 0.15) is 28.4 Å². The molecule has 19 heavy (non-hydrogen) atoms. The zero-order valence-electron chi connectivity index (χ0n) is 11.6. The third kappa shape index (κ3) is 2.84. The molecule has 0 aliphatic rings. The molecule has 0 N–H and O–H groups in total. The minimum absolute atomic E-state index is 0.268. The maximum atomic E-state index is 11.8. The van der Waals surface area contributed by atoms with E-state index >= 15 is 0 Å². The Kier molecular flexibility index (Phi) is 4.00. The fourth-order valence-corrected chi connectivity index (χ4v) is 2.29. The second-order valence-electron chi connectivity index (χ2n) is 4.57. The van der Waals surface area contributed by atoms with Gasteiger partial charge < -0.3 is 4.74 Å². The molecule has 0 saturated heterocycles. The zero-order valence-corrected chi connectivity index (χ0v) is 11.6. The number of rotatable bonds is 3. The van der Waals surface area contributed by atoms with Gasteiger partial charge in [0.1, 0.15) is 0 Å². The summed E-state index contributed by atoms with van der Waals surface area (Å²) in [6.45, 7) is 6.37. The molecule has 2 heteroatoms. The van der Waals surface area contributed by atoms with E-state index in [0.29, 0.717) is 12.2 Å². The standard InChI is InChI=1S/C17H18O2/c1-4-19-17(18)15-10-6-9-14(11-15)16-12(2)7-5-8-13(16)3/h5-11H,4H2,1-3H3. The highest BCUT2D eigenvalue weighted by Crippen LogP contribution is 2.27. The van der Waals surface area contributed by atoms with Crippen LogP contribution < -0.4 is 0 Å². The molecule has 2 rings (SSSR count). The molecule has 98 valence electrons. The van der Waals surface area contributed by atoms with E-state index in [0.717, 1.165) is 5.56 Å². The van der Waals surface area contributed by atoms with Gasteiger partial charge in [-0.25, -0.2) is 4.79 Å². The van der Waals surface area contributed by atoms with E-state index in [9.17, 15) is 4.79 Å². The normalized spacial score (nSPS) is 10.3. The molecule has 2 nitrogen and oxygen atoms in total. The van der Waals surface area contributed by atoms with Crippen LogP contribution in [-0.2, 0) is 4.74 Å². The van der Waals surface area contributed by atoms with Crippen LogP contribution in [0.3, 0.4) is 0 Å². The summed E-state index contributed by atoms with van der Waals surface area (Å²) in [4.78, 5) is 11.8. The lowest BCUT2D eigenvalue weighted by Crippen LogP contribution is -2.04. The van der Waals surface area contributed by atoms with E-state index in [1.54, 1.807) is 6.07 Å². The first-order chi connectivity index (χ1) is 9.13. The average Bonchev–Trinajstić information content (AvgIpc) is 2.39. The first-order valence-electron chi connectivity index (χ1n) is 6.47. The molecular formula is C17H18O2. The molecule has 0 fully saturated rings. The van der Waals surface area contributed by atoms with Crippen LogP contribution in [0.2, 0.25) is 0 Å². The molecule has 0 aliphatic heterocycles. The Balaban J connectivity index is 2.47. The van der Waals surface area contributed by atoms with Gasteiger partial charge in [0.25, 0.3) is 0 Å². The average molecular weight is 254 g/mol. The number of ether oxygens (including phenoxy) is 1. The smallest absolute Gasteiger partial charge is 0.338 e. The Morgan fingerprint density at radius 1 is 1.05 bits per heavy atom. The van der Waals surface area contributed by atoms with Crippen LogP contribution in [0, 0.1) is 13.8 Å². The number of esters is 1. The van der Waals surface area contributed by atoms with Crippen molar-refractivity contribution in [3.05, 3.63) is 59.2 Å². The Labute approximate surface area is 114 Å². The van der Waals surface area contributed by atoms with Crippen molar-refractivity contribution >= 4 is 5.97 Å². The molecule has 0 radical (unpaired) electrons. The second-order valence-corrected chi connectivity index (χ2v) is 4.57. The van der Waals surface area contributed by atoms with Crippen molar-refractivity contribution in [3.63, 3.8) is 0 Å². The summed E-state index contributed by atoms with van der Waals surface area (Å²) in [5.41, 5.74) is 5.26. The van der Waals surface area contributed by atoms with E-state index in [2.05, 4.69) is 26.0 Å². The highest BCUT2D eigenvalue weighted by Gasteiger charge is 2.10. The number of benzene rings is 2. The topological polar surface area (TPSA) is 26.3 Å². The van der Waals surface area contributed by atoms with Crippen molar-refractivity contribution in [2.75, 3.05) is 6.61 Å². The molecule has 2 aromatic carbocycles. The summed E-state index contributed by atoms with van der Waals surface area (Å²) < 4.78 is 5.04. The third-order valence-corrected chi connectivity index (χ3v) is 3.14. The number of carbonyl (C=O) groups is 1. The molecule has 0 aliphatic carbocycles. The van der Waals surface area contributed by atoms with Gasteiger partial charge in [-0.05, 0) is 55.2 Å². The fraction of sp³-hybridized carbons (Fsp3) is 0.235. The Morgan fingerprint density at radius 3 is 2.32 bits per heavy atom. The molecule has 0 heterocycles. The lowest BCUT2D eigenvalue weighted by atomic mass is 9.95. The van der Waals surface area contributed by atoms with Crippen LogP contribution in [-0.4, -0.2) is 12.6 Å². The van der Waals surface area contributed by atoms with Crippen molar-refractivity contribution in [1.82, 2.24) is 0 Å². The lowest BCUT2D eigenvalue weighted by Gasteiger charge is -2.11. The molecular weight excluding hydrogens is 236 g/mol. The molecule has 0 unspecified atom stereocenters. The molecule has 0 amide bonds. The van der Waals surface area contributed by atoms with Crippen molar-refractivity contribution < 1.29 is 9.53 Å². The van der Waals surface area contributed by atoms with Gasteiger partial charge in [-0.15, -0.1) is 0 Å². The first kappa shape index (κ1) is 13.3. The predicted molar refractivity (Wildman–Crippen MR) is 77.3 cm³/mol. The van der Waals surface area contributed by atoms with Crippen molar-refractivity contribution in [2.45, 2.75) is 20.8 Å². The van der Waals surface area contributed by atoms with Gasteiger partial charge in [0.15, 0.2) is 0 Å². The van der Waals surface area contributed by atoms with Crippen molar-refractivity contribution in [2.24, 2.45) is 0 Å². The Bertz CT molecular complexity index is 580. The Hall–Kier alpha value is -2.09. The maximum Gasteiger partial charge on any atom is 0.338 e. The highest BCUT2D eigenvalue weighted by atomic mass is 16.5. The molecule has 0 atom stereocenters. The monoisotopic (exact) mass is 254 g/mol. The number of aryl methyl sites for hydroxylation is 2. The van der Waals surface area contributed by atoms with Crippen LogP contribution in [0.4, 0.5) is 0 Å². The van der Waals surface area contributed by atoms with Gasteiger partial charge in [0, 0.05) is 0 Å². The first-order valence-corrected chi connectivity index (χ1v) is 6.47. The van der Waals surface area contributed by atoms with Gasteiger partial charge >= 0.3 is 5.97 Å². The molecule has 0 saturated carbocycles. The number of carbonyl (C=O) groups excluding carboxylic acids is 1. The quantitative estimate of drug-likeness (QED) is 0.769. The van der Waals surface area contributed by atoms with E-state index in [4.69, 9.17) is 4.74 Å². The summed E-state index contributed by atoms with van der Waals surface area (Å²) in [7, 11) is 0. The van der Waals surface area contributed by atoms with E-state index in [1.165, 1.54) is 16.7 Å². The molecule has 0 aromatic heterocycles. The molecule has 0 bridgehead atoms. The molecule has 2 aromatic rings. The lowest BCUT2D eigenvalue weighted by molar-refractivity contribution is 0.0526. The summed E-state index contributed by atoms with van der Waals surface area (Å²) >= 11 is 0. The number of hydrogen-bond acceptors (Lipinski definition) is 2. The van der Waals surface area contributed by atoms with Crippen LogP contribution >= 0.6 is 0 Å². The fourth-order valence-electron chi connectivity index (χ4n) is 2.29. The van der Waals surface area contributed by atoms with Crippen LogP contribution in [0.15, 0.2) is 42.5 Å². The third-order valence-electron chi connectivity index (χ3n) is 3.14. The minimum Gasteiger partial charge on any atom is -0.462 e. The zero-order chi connectivity index (χ0) is 13.8. The largest absolute Gasteiger partial charge is 0.462 e. The van der Waals surface area contributed by atoms with Gasteiger partial charge in [0.05, 0.1) is 12.2 Å². The van der Waals surface area contributed by atoms with E-state index in [1.807, 2.05) is 31.2 Å². The SMILES string of the molecule is CCOC(=O)c1cccc(-c2c(C)cccc2C)c1. The number of hydrogen-bond donors (Lipinski definition) is 0. The van der Waals surface area contributed by atoms with Gasteiger partial charge in [0.2, 0.25) is 0 Å². The summed E-state index contributed by atoms with van der Waals surface area (Å²) in [5, 5.41) is 0.